The number of carbonyl (C=O) groups excluding carboxylic acids is 2. The van der Waals surface area contributed by atoms with E-state index in [1.807, 2.05) is 0 Å². The number of carbonyl (C=O) groups is 2. The van der Waals surface area contributed by atoms with Crippen molar-refractivity contribution in [3.63, 3.8) is 0 Å². The molecule has 0 aliphatic carbocycles. The van der Waals surface area contributed by atoms with Crippen LogP contribution in [0.4, 0.5) is 92.2 Å². The van der Waals surface area contributed by atoms with Crippen LogP contribution >= 0.6 is 0 Å². The zero-order valence-corrected chi connectivity index (χ0v) is 17.7. The van der Waals surface area contributed by atoms with Crippen LogP contribution in [0.1, 0.15) is 0 Å². The van der Waals surface area contributed by atoms with Gasteiger partial charge in [0.25, 0.3) is 0 Å². The number of imide groups is 1. The Balaban J connectivity index is 3.73. The number of hydroxylamine groups is 2. The Morgan fingerprint density at radius 1 is 0.500 bits per heavy atom. The minimum Gasteiger partial charge on any atom is -0.265 e. The zero-order chi connectivity index (χ0) is 32.9. The Morgan fingerprint density at radius 3 is 1.02 bits per heavy atom. The van der Waals surface area contributed by atoms with Crippen molar-refractivity contribution in [1.82, 2.24) is 5.06 Å². The molecule has 0 atom stereocenters. The van der Waals surface area contributed by atoms with Crippen molar-refractivity contribution in [3.05, 3.63) is 0 Å². The van der Waals surface area contributed by atoms with E-state index in [-0.39, 0.29) is 0 Å². The number of hydrogen-bond acceptors (Lipinski definition) is 5. The molecular formula is C12F21NO5S. The van der Waals surface area contributed by atoms with Gasteiger partial charge in [-0.3, -0.25) is 9.59 Å². The molecule has 0 unspecified atom stereocenters. The molecule has 0 aromatic carbocycles. The Bertz CT molecular complexity index is 1140. The van der Waals surface area contributed by atoms with E-state index in [0.717, 1.165) is 0 Å². The van der Waals surface area contributed by atoms with E-state index in [0.29, 0.717) is 0 Å². The van der Waals surface area contributed by atoms with Crippen LogP contribution in [-0.2, 0) is 24.0 Å². The third kappa shape index (κ3) is 3.97. The van der Waals surface area contributed by atoms with Crippen LogP contribution in [0.2, 0.25) is 0 Å². The highest BCUT2D eigenvalue weighted by molar-refractivity contribution is 7.87. The molecule has 0 aromatic rings. The number of hydrogen-bond donors (Lipinski definition) is 0. The fourth-order valence-electron chi connectivity index (χ4n) is 2.13. The monoisotopic (exact) mass is 669 g/mol. The van der Waals surface area contributed by atoms with Gasteiger partial charge in [0, 0.05) is 0 Å². The SMILES string of the molecule is O=C1N(OS(=O)(=O)C(F)(F)C(F)(F)C(F)(F)C(F)(F)C(F)(F)C(F)(F)C(F)(F)C(F)(F)F)C(=O)C(F)(F)C1(F)F. The van der Waals surface area contributed by atoms with Crippen LogP contribution < -0.4 is 0 Å². The van der Waals surface area contributed by atoms with Gasteiger partial charge in [-0.05, 0) is 0 Å². The fourth-order valence-corrected chi connectivity index (χ4v) is 3.00. The molecule has 0 aromatic heterocycles. The van der Waals surface area contributed by atoms with Gasteiger partial charge in [0.2, 0.25) is 0 Å². The van der Waals surface area contributed by atoms with Crippen LogP contribution in [0.25, 0.3) is 0 Å². The summed E-state index contributed by atoms with van der Waals surface area (Å²) in [5.41, 5.74) is 0. The second-order valence-corrected chi connectivity index (χ2v) is 8.61. The summed E-state index contributed by atoms with van der Waals surface area (Å²) >= 11 is 0. The molecule has 236 valence electrons. The van der Waals surface area contributed by atoms with Gasteiger partial charge >= 0.3 is 80.7 Å². The summed E-state index contributed by atoms with van der Waals surface area (Å²) in [7, 11) is -8.78. The van der Waals surface area contributed by atoms with Gasteiger partial charge < -0.3 is 0 Å². The second kappa shape index (κ2) is 8.55. The molecule has 40 heavy (non-hydrogen) atoms. The second-order valence-electron chi connectivity index (χ2n) is 7.04. The predicted octanol–water partition coefficient (Wildman–Crippen LogP) is 4.85. The lowest BCUT2D eigenvalue weighted by molar-refractivity contribution is -0.458. The smallest absolute Gasteiger partial charge is 0.265 e. The summed E-state index contributed by atoms with van der Waals surface area (Å²) in [6.07, 6.45) is -8.08. The molecule has 1 heterocycles. The summed E-state index contributed by atoms with van der Waals surface area (Å²) in [4.78, 5) is 21.8. The molecule has 1 aliphatic heterocycles. The van der Waals surface area contributed by atoms with Gasteiger partial charge in [-0.25, -0.2) is 0 Å². The van der Waals surface area contributed by atoms with Crippen molar-refractivity contribution in [2.75, 3.05) is 0 Å². The Morgan fingerprint density at radius 2 is 0.750 bits per heavy atom. The molecule has 2 amide bonds. The van der Waals surface area contributed by atoms with Crippen LogP contribution in [0, 0.1) is 0 Å². The van der Waals surface area contributed by atoms with Crippen molar-refractivity contribution >= 4 is 21.9 Å². The topological polar surface area (TPSA) is 80.8 Å². The van der Waals surface area contributed by atoms with Crippen LogP contribution in [-0.4, -0.2) is 84.1 Å². The van der Waals surface area contributed by atoms with Gasteiger partial charge in [0.15, 0.2) is 0 Å². The molecule has 1 aliphatic rings. The third-order valence-corrected chi connectivity index (χ3v) is 5.71. The van der Waals surface area contributed by atoms with Crippen molar-refractivity contribution in [2.24, 2.45) is 0 Å². The summed E-state index contributed by atoms with van der Waals surface area (Å²) in [5, 5.41) is -11.3. The van der Waals surface area contributed by atoms with Gasteiger partial charge in [-0.2, -0.15) is 101 Å². The van der Waals surface area contributed by atoms with Crippen molar-refractivity contribution in [2.45, 2.75) is 58.8 Å². The molecule has 28 heteroatoms. The molecule has 0 bridgehead atoms. The van der Waals surface area contributed by atoms with E-state index >= 15 is 0 Å². The molecule has 1 fully saturated rings. The summed E-state index contributed by atoms with van der Waals surface area (Å²) < 4.78 is 300. The number of amides is 2. The van der Waals surface area contributed by atoms with E-state index in [9.17, 15) is 110 Å². The Hall–Kier alpha value is -2.42. The van der Waals surface area contributed by atoms with Gasteiger partial charge in [0.1, 0.15) is 0 Å². The first-order valence-electron chi connectivity index (χ1n) is 8.21. The molecular weight excluding hydrogens is 669 g/mol. The van der Waals surface area contributed by atoms with E-state index < -0.39 is 85.8 Å². The van der Waals surface area contributed by atoms with E-state index in [2.05, 4.69) is 4.28 Å². The maximum absolute atomic E-state index is 13.7. The standard InChI is InChI=1S/C12F21NO5S/c13-3(14)1(35)34(2(36)4(3,15)16)39-40(37,38)12(32,33)10(27,28)8(23,24)6(19,20)5(17,18)7(21,22)9(25,26)11(29,30)31. The minimum absolute atomic E-state index is 2.14. The lowest BCUT2D eigenvalue weighted by Crippen LogP contribution is -2.75. The van der Waals surface area contributed by atoms with Gasteiger partial charge in [-0.1, -0.05) is 0 Å². The molecule has 0 N–H and O–H groups in total. The Labute approximate surface area is 201 Å². The summed E-state index contributed by atoms with van der Waals surface area (Å²) in [5.74, 6) is -75.2. The quantitative estimate of drug-likeness (QED) is 0.259. The average molecular weight is 669 g/mol. The lowest BCUT2D eigenvalue weighted by atomic mass is 9.91. The Kier molecular flexibility index (Phi) is 7.61. The van der Waals surface area contributed by atoms with E-state index in [1.165, 1.54) is 0 Å². The maximum atomic E-state index is 13.7. The molecule has 0 spiro atoms. The van der Waals surface area contributed by atoms with Crippen molar-refractivity contribution < 1.29 is 114 Å². The summed E-state index contributed by atoms with van der Waals surface area (Å²) in [6, 6.07) is 0. The largest absolute Gasteiger partial charge is 0.460 e. The highest BCUT2D eigenvalue weighted by atomic mass is 32.2. The summed E-state index contributed by atoms with van der Waals surface area (Å²) in [6.45, 7) is 0. The van der Waals surface area contributed by atoms with Crippen molar-refractivity contribution in [1.29, 1.82) is 0 Å². The number of halogens is 21. The number of rotatable bonds is 9. The van der Waals surface area contributed by atoms with Crippen LogP contribution in [0.3, 0.4) is 0 Å². The van der Waals surface area contributed by atoms with Crippen LogP contribution in [0.15, 0.2) is 0 Å². The average Bonchev–Trinajstić information content (AvgIpc) is 2.84. The normalized spacial score (nSPS) is 20.4. The fraction of sp³-hybridized carbons (Fsp3) is 0.833. The predicted molar refractivity (Wildman–Crippen MR) is 72.4 cm³/mol. The first-order chi connectivity index (χ1) is 16.9. The first-order valence-corrected chi connectivity index (χ1v) is 9.62. The van der Waals surface area contributed by atoms with Crippen molar-refractivity contribution in [3.8, 4) is 0 Å². The molecule has 0 saturated carbocycles. The zero-order valence-electron chi connectivity index (χ0n) is 16.8. The highest BCUT2D eigenvalue weighted by Crippen LogP contribution is 2.64. The lowest BCUT2D eigenvalue weighted by Gasteiger charge is -2.42. The highest BCUT2D eigenvalue weighted by Gasteiger charge is 2.96. The number of alkyl halides is 21. The maximum Gasteiger partial charge on any atom is 0.460 e. The number of nitrogens with zero attached hydrogens (tertiary/aromatic N) is 1. The minimum atomic E-state index is -9.26. The van der Waals surface area contributed by atoms with E-state index in [1.54, 1.807) is 0 Å². The first kappa shape index (κ1) is 35.6. The molecule has 1 rings (SSSR count). The third-order valence-electron chi connectivity index (χ3n) is 4.48. The van der Waals surface area contributed by atoms with Crippen LogP contribution in [0.5, 0.6) is 0 Å². The molecule has 0 radical (unpaired) electrons. The van der Waals surface area contributed by atoms with E-state index in [4.69, 9.17) is 0 Å². The van der Waals surface area contributed by atoms with Gasteiger partial charge in [0.05, 0.1) is 0 Å². The molecule has 6 nitrogen and oxygen atoms in total. The van der Waals surface area contributed by atoms with Gasteiger partial charge in [-0.15, -0.1) is 9.35 Å². The molecule has 1 saturated heterocycles.